The quantitative estimate of drug-likeness (QED) is 0.471. The second-order valence-corrected chi connectivity index (χ2v) is 4.46. The summed E-state index contributed by atoms with van der Waals surface area (Å²) in [4.78, 5) is 22.9. The highest BCUT2D eigenvalue weighted by molar-refractivity contribution is 7.98. The van der Waals surface area contributed by atoms with Crippen LogP contribution in [-0.4, -0.2) is 18.6 Å². The maximum Gasteiger partial charge on any atom is 0.338 e. The van der Waals surface area contributed by atoms with Gasteiger partial charge in [-0.05, 0) is 42.6 Å². The van der Waals surface area contributed by atoms with Crippen molar-refractivity contribution in [2.45, 2.75) is 24.7 Å². The topological polar surface area (TPSA) is 81.4 Å². The zero-order valence-corrected chi connectivity index (χ0v) is 11.0. The van der Waals surface area contributed by atoms with Crippen LogP contribution in [0.5, 0.6) is 0 Å². The van der Waals surface area contributed by atoms with E-state index in [-0.39, 0.29) is 5.97 Å². The highest BCUT2D eigenvalue weighted by atomic mass is 32.2. The first-order valence-electron chi connectivity index (χ1n) is 5.63. The van der Waals surface area contributed by atoms with Crippen molar-refractivity contribution >= 4 is 23.9 Å². The Hall–Kier alpha value is -1.69. The minimum absolute atomic E-state index is 0.331. The lowest BCUT2D eigenvalue weighted by Crippen LogP contribution is -2.22. The molecule has 0 radical (unpaired) electrons. The molecule has 0 aliphatic carbocycles. The van der Waals surface area contributed by atoms with Gasteiger partial charge in [-0.25, -0.2) is 9.59 Å². The van der Waals surface area contributed by atoms with Gasteiger partial charge in [-0.2, -0.15) is 0 Å². The van der Waals surface area contributed by atoms with E-state index in [1.807, 2.05) is 6.92 Å². The van der Waals surface area contributed by atoms with Crippen LogP contribution in [0.25, 0.3) is 0 Å². The van der Waals surface area contributed by atoms with Gasteiger partial charge in [-0.1, -0.05) is 13.3 Å². The monoisotopic (exact) mass is 268 g/mol. The van der Waals surface area contributed by atoms with Crippen LogP contribution in [0.3, 0.4) is 0 Å². The summed E-state index contributed by atoms with van der Waals surface area (Å²) in [6.45, 7) is 2.47. The number of ether oxygens (including phenoxy) is 1. The van der Waals surface area contributed by atoms with Crippen LogP contribution in [0.2, 0.25) is 0 Å². The van der Waals surface area contributed by atoms with Gasteiger partial charge in [0, 0.05) is 4.90 Å². The molecule has 0 unspecified atom stereocenters. The fourth-order valence-corrected chi connectivity index (χ4v) is 1.65. The number of hydrogen-bond donors (Lipinski definition) is 2. The molecule has 0 aliphatic rings. The maximum absolute atomic E-state index is 11.6. The van der Waals surface area contributed by atoms with Gasteiger partial charge in [-0.15, -0.1) is 0 Å². The number of hydrogen-bond acceptors (Lipinski definition) is 4. The van der Waals surface area contributed by atoms with E-state index < -0.39 is 6.03 Å². The van der Waals surface area contributed by atoms with Gasteiger partial charge < -0.3 is 10.5 Å². The number of nitrogens with one attached hydrogen (secondary N) is 1. The third-order valence-electron chi connectivity index (χ3n) is 2.09. The predicted molar refractivity (Wildman–Crippen MR) is 70.2 cm³/mol. The number of esters is 1. The van der Waals surface area contributed by atoms with Crippen LogP contribution >= 0.6 is 11.9 Å². The molecule has 0 saturated heterocycles. The summed E-state index contributed by atoms with van der Waals surface area (Å²) in [7, 11) is 0. The second-order valence-electron chi connectivity index (χ2n) is 3.58. The standard InChI is InChI=1S/C12H16N2O3S/c1-2-3-8-17-11(15)9-4-6-10(7-5-9)18-14-12(13)16/h4-7H,2-3,8H2,1H3,(H3,13,14,16). The molecule has 1 rings (SSSR count). The summed E-state index contributed by atoms with van der Waals surface area (Å²) in [5.74, 6) is -0.331. The largest absolute Gasteiger partial charge is 0.462 e. The van der Waals surface area contributed by atoms with Crippen LogP contribution in [0.1, 0.15) is 30.1 Å². The van der Waals surface area contributed by atoms with Crippen LogP contribution in [-0.2, 0) is 4.74 Å². The average molecular weight is 268 g/mol. The Kier molecular flexibility index (Phi) is 6.07. The Bertz CT molecular complexity index is 406. The van der Waals surface area contributed by atoms with E-state index in [4.69, 9.17) is 10.5 Å². The zero-order chi connectivity index (χ0) is 13.4. The summed E-state index contributed by atoms with van der Waals surface area (Å²) in [5.41, 5.74) is 5.44. The molecule has 98 valence electrons. The predicted octanol–water partition coefficient (Wildman–Crippen LogP) is 2.32. The van der Waals surface area contributed by atoms with Gasteiger partial charge in [0.15, 0.2) is 0 Å². The van der Waals surface area contributed by atoms with Gasteiger partial charge in [0.1, 0.15) is 0 Å². The molecule has 0 fully saturated rings. The van der Waals surface area contributed by atoms with Crippen molar-refractivity contribution in [3.05, 3.63) is 29.8 Å². The van der Waals surface area contributed by atoms with E-state index in [0.717, 1.165) is 29.7 Å². The second kappa shape index (κ2) is 7.60. The molecule has 0 aliphatic heterocycles. The molecule has 0 bridgehead atoms. The molecule has 3 N–H and O–H groups in total. The van der Waals surface area contributed by atoms with E-state index in [2.05, 4.69) is 4.72 Å². The lowest BCUT2D eigenvalue weighted by molar-refractivity contribution is 0.0499. The molecule has 1 aromatic carbocycles. The highest BCUT2D eigenvalue weighted by Gasteiger charge is 2.06. The Morgan fingerprint density at radius 3 is 2.56 bits per heavy atom. The van der Waals surface area contributed by atoms with Crippen molar-refractivity contribution < 1.29 is 14.3 Å². The Morgan fingerprint density at radius 1 is 1.33 bits per heavy atom. The SMILES string of the molecule is CCCCOC(=O)c1ccc(SNC(N)=O)cc1. The first kappa shape index (κ1) is 14.4. The fraction of sp³-hybridized carbons (Fsp3) is 0.333. The molecule has 0 heterocycles. The van der Waals surface area contributed by atoms with Crippen molar-refractivity contribution in [2.24, 2.45) is 5.73 Å². The number of primary amides is 1. The first-order valence-corrected chi connectivity index (χ1v) is 6.44. The Morgan fingerprint density at radius 2 is 2.00 bits per heavy atom. The summed E-state index contributed by atoms with van der Waals surface area (Å²) in [5, 5.41) is 0. The molecule has 18 heavy (non-hydrogen) atoms. The molecule has 0 saturated carbocycles. The maximum atomic E-state index is 11.6. The molecule has 2 amide bonds. The van der Waals surface area contributed by atoms with E-state index in [1.54, 1.807) is 24.3 Å². The van der Waals surface area contributed by atoms with Gasteiger partial charge in [0.05, 0.1) is 12.2 Å². The van der Waals surface area contributed by atoms with Crippen molar-refractivity contribution in [1.82, 2.24) is 4.72 Å². The van der Waals surface area contributed by atoms with Crippen molar-refractivity contribution in [1.29, 1.82) is 0 Å². The van der Waals surface area contributed by atoms with Gasteiger partial charge in [0.2, 0.25) is 0 Å². The summed E-state index contributed by atoms with van der Waals surface area (Å²) < 4.78 is 7.46. The lowest BCUT2D eigenvalue weighted by Gasteiger charge is -2.05. The molecule has 1 aromatic rings. The number of benzene rings is 1. The third-order valence-corrected chi connectivity index (χ3v) is 2.90. The number of carbonyl (C=O) groups is 2. The van der Waals surface area contributed by atoms with Crippen molar-refractivity contribution in [3.8, 4) is 0 Å². The van der Waals surface area contributed by atoms with E-state index >= 15 is 0 Å². The minimum atomic E-state index is -0.608. The number of urea groups is 1. The fourth-order valence-electron chi connectivity index (χ4n) is 1.16. The number of nitrogens with two attached hydrogens (primary N) is 1. The number of carbonyl (C=O) groups excluding carboxylic acids is 2. The normalized spacial score (nSPS) is 9.83. The number of amides is 2. The number of rotatable bonds is 6. The number of unbranched alkanes of at least 4 members (excludes halogenated alkanes) is 1. The first-order chi connectivity index (χ1) is 8.63. The summed E-state index contributed by atoms with van der Waals surface area (Å²) >= 11 is 1.09. The minimum Gasteiger partial charge on any atom is -0.462 e. The molecular formula is C12H16N2O3S. The van der Waals surface area contributed by atoms with Crippen LogP contribution in [0.4, 0.5) is 4.79 Å². The molecule has 0 atom stereocenters. The van der Waals surface area contributed by atoms with Gasteiger partial charge >= 0.3 is 12.0 Å². The Labute approximate surface area is 110 Å². The van der Waals surface area contributed by atoms with E-state index in [1.165, 1.54) is 0 Å². The third kappa shape index (κ3) is 5.09. The van der Waals surface area contributed by atoms with Crippen molar-refractivity contribution in [2.75, 3.05) is 6.61 Å². The molecular weight excluding hydrogens is 252 g/mol. The van der Waals surface area contributed by atoms with Crippen molar-refractivity contribution in [3.63, 3.8) is 0 Å². The van der Waals surface area contributed by atoms with Crippen LogP contribution < -0.4 is 10.5 Å². The highest BCUT2D eigenvalue weighted by Crippen LogP contribution is 2.15. The van der Waals surface area contributed by atoms with E-state index in [0.29, 0.717) is 12.2 Å². The molecule has 0 spiro atoms. The zero-order valence-electron chi connectivity index (χ0n) is 10.1. The summed E-state index contributed by atoms with van der Waals surface area (Å²) in [6.07, 6.45) is 1.85. The molecule has 0 aromatic heterocycles. The Balaban J connectivity index is 2.48. The smallest absolute Gasteiger partial charge is 0.338 e. The van der Waals surface area contributed by atoms with Gasteiger partial charge in [0.25, 0.3) is 0 Å². The van der Waals surface area contributed by atoms with Gasteiger partial charge in [-0.3, -0.25) is 4.72 Å². The van der Waals surface area contributed by atoms with Crippen LogP contribution in [0, 0.1) is 0 Å². The van der Waals surface area contributed by atoms with Crippen LogP contribution in [0.15, 0.2) is 29.2 Å². The molecule has 6 heteroatoms. The summed E-state index contributed by atoms with van der Waals surface area (Å²) in [6, 6.07) is 6.13. The molecule has 5 nitrogen and oxygen atoms in total. The lowest BCUT2D eigenvalue weighted by atomic mass is 10.2. The average Bonchev–Trinajstić information content (AvgIpc) is 2.37. The van der Waals surface area contributed by atoms with E-state index in [9.17, 15) is 9.59 Å².